The van der Waals surface area contributed by atoms with Crippen molar-refractivity contribution < 1.29 is 0 Å². The third kappa shape index (κ3) is 2.20. The third-order valence-electron chi connectivity index (χ3n) is 2.03. The first-order chi connectivity index (χ1) is 7.29. The third-order valence-corrected chi connectivity index (χ3v) is 2.34. The second kappa shape index (κ2) is 4.20. The number of halogens is 1. The highest BCUT2D eigenvalue weighted by Crippen LogP contribution is 2.22. The summed E-state index contributed by atoms with van der Waals surface area (Å²) in [6, 6.07) is 7.13. The SMILES string of the molecule is N#Cc1ccc(NC2=NCCN2)c(Cl)c1. The van der Waals surface area contributed by atoms with E-state index < -0.39 is 0 Å². The lowest BCUT2D eigenvalue weighted by atomic mass is 10.2. The summed E-state index contributed by atoms with van der Waals surface area (Å²) in [5, 5.41) is 15.3. The second-order valence-electron chi connectivity index (χ2n) is 3.09. The molecular formula is C10H9ClN4. The summed E-state index contributed by atoms with van der Waals surface area (Å²) < 4.78 is 0. The van der Waals surface area contributed by atoms with Crippen molar-refractivity contribution in [2.24, 2.45) is 4.99 Å². The van der Waals surface area contributed by atoms with Gasteiger partial charge in [0.15, 0.2) is 5.96 Å². The van der Waals surface area contributed by atoms with Crippen LogP contribution in [0.25, 0.3) is 0 Å². The molecule has 0 fully saturated rings. The van der Waals surface area contributed by atoms with Crippen molar-refractivity contribution in [2.75, 3.05) is 18.4 Å². The van der Waals surface area contributed by atoms with E-state index in [0.29, 0.717) is 10.6 Å². The van der Waals surface area contributed by atoms with E-state index in [-0.39, 0.29) is 0 Å². The van der Waals surface area contributed by atoms with Crippen LogP contribution >= 0.6 is 11.6 Å². The predicted octanol–water partition coefficient (Wildman–Crippen LogP) is 1.58. The highest BCUT2D eigenvalue weighted by molar-refractivity contribution is 6.33. The van der Waals surface area contributed by atoms with Gasteiger partial charge >= 0.3 is 0 Å². The van der Waals surface area contributed by atoms with Gasteiger partial charge in [-0.3, -0.25) is 4.99 Å². The van der Waals surface area contributed by atoms with E-state index >= 15 is 0 Å². The zero-order valence-electron chi connectivity index (χ0n) is 7.92. The van der Waals surface area contributed by atoms with Crippen LogP contribution in [-0.4, -0.2) is 19.0 Å². The molecule has 1 aliphatic heterocycles. The van der Waals surface area contributed by atoms with Gasteiger partial charge in [-0.25, -0.2) is 0 Å². The quantitative estimate of drug-likeness (QED) is 0.756. The van der Waals surface area contributed by atoms with Crippen LogP contribution in [0.1, 0.15) is 5.56 Å². The number of rotatable bonds is 1. The summed E-state index contributed by atoms with van der Waals surface area (Å²) in [4.78, 5) is 4.19. The first-order valence-corrected chi connectivity index (χ1v) is 4.92. The Hall–Kier alpha value is -1.73. The van der Waals surface area contributed by atoms with Gasteiger partial charge in [-0.05, 0) is 18.2 Å². The van der Waals surface area contributed by atoms with Gasteiger partial charge in [0.05, 0.1) is 28.9 Å². The van der Waals surface area contributed by atoms with Crippen LogP contribution in [0.5, 0.6) is 0 Å². The molecule has 0 aromatic heterocycles. The number of hydrogen-bond acceptors (Lipinski definition) is 4. The van der Waals surface area contributed by atoms with Crippen LogP contribution in [0, 0.1) is 11.3 Å². The number of nitrogens with zero attached hydrogens (tertiary/aromatic N) is 2. The maximum absolute atomic E-state index is 8.67. The van der Waals surface area contributed by atoms with Gasteiger partial charge in [0.2, 0.25) is 0 Å². The number of anilines is 1. The molecule has 1 aliphatic rings. The molecule has 0 radical (unpaired) electrons. The predicted molar refractivity (Wildman–Crippen MR) is 60.1 cm³/mol. The Morgan fingerprint density at radius 3 is 3.00 bits per heavy atom. The molecule has 2 rings (SSSR count). The summed E-state index contributed by atoms with van der Waals surface area (Å²) >= 11 is 5.99. The lowest BCUT2D eigenvalue weighted by molar-refractivity contribution is 0.959. The van der Waals surface area contributed by atoms with Crippen LogP contribution < -0.4 is 10.6 Å². The first kappa shape index (κ1) is 9.81. The van der Waals surface area contributed by atoms with E-state index in [0.717, 1.165) is 24.7 Å². The molecule has 1 aromatic carbocycles. The van der Waals surface area contributed by atoms with E-state index in [9.17, 15) is 0 Å². The molecule has 0 atom stereocenters. The largest absolute Gasteiger partial charge is 0.354 e. The minimum absolute atomic E-state index is 0.519. The molecule has 5 heteroatoms. The zero-order valence-corrected chi connectivity index (χ0v) is 8.67. The maximum atomic E-state index is 8.67. The monoisotopic (exact) mass is 220 g/mol. The van der Waals surface area contributed by atoms with Crippen molar-refractivity contribution in [3.8, 4) is 6.07 Å². The van der Waals surface area contributed by atoms with E-state index in [2.05, 4.69) is 15.6 Å². The zero-order chi connectivity index (χ0) is 10.7. The van der Waals surface area contributed by atoms with E-state index in [1.165, 1.54) is 0 Å². The number of aliphatic imine (C=N–C) groups is 1. The molecule has 1 aromatic rings. The molecular weight excluding hydrogens is 212 g/mol. The Bertz CT molecular complexity index is 447. The topological polar surface area (TPSA) is 60.2 Å². The van der Waals surface area contributed by atoms with Crippen LogP contribution in [0.15, 0.2) is 23.2 Å². The molecule has 1 heterocycles. The van der Waals surface area contributed by atoms with Crippen LogP contribution in [0.2, 0.25) is 5.02 Å². The van der Waals surface area contributed by atoms with Crippen LogP contribution in [-0.2, 0) is 0 Å². The summed E-state index contributed by atoms with van der Waals surface area (Å²) in [7, 11) is 0. The average Bonchev–Trinajstić information content (AvgIpc) is 2.74. The van der Waals surface area contributed by atoms with Gasteiger partial charge in [-0.1, -0.05) is 11.6 Å². The van der Waals surface area contributed by atoms with Crippen LogP contribution in [0.4, 0.5) is 5.69 Å². The Kier molecular flexibility index (Phi) is 2.75. The normalized spacial score (nSPS) is 14.0. The minimum atomic E-state index is 0.519. The van der Waals surface area contributed by atoms with Crippen molar-refractivity contribution >= 4 is 23.2 Å². The van der Waals surface area contributed by atoms with Gasteiger partial charge < -0.3 is 10.6 Å². The van der Waals surface area contributed by atoms with Crippen molar-refractivity contribution in [2.45, 2.75) is 0 Å². The molecule has 15 heavy (non-hydrogen) atoms. The number of nitrogens with one attached hydrogen (secondary N) is 2. The summed E-state index contributed by atoms with van der Waals surface area (Å²) in [6.07, 6.45) is 0. The lowest BCUT2D eigenvalue weighted by Gasteiger charge is -2.08. The molecule has 0 unspecified atom stereocenters. The number of nitriles is 1. The van der Waals surface area contributed by atoms with Crippen molar-refractivity contribution in [3.63, 3.8) is 0 Å². The average molecular weight is 221 g/mol. The van der Waals surface area contributed by atoms with Gasteiger partial charge in [0, 0.05) is 6.54 Å². The smallest absolute Gasteiger partial charge is 0.195 e. The number of benzene rings is 1. The Morgan fingerprint density at radius 2 is 2.40 bits per heavy atom. The van der Waals surface area contributed by atoms with Gasteiger partial charge in [0.25, 0.3) is 0 Å². The van der Waals surface area contributed by atoms with Crippen LogP contribution in [0.3, 0.4) is 0 Å². The van der Waals surface area contributed by atoms with Gasteiger partial charge in [0.1, 0.15) is 0 Å². The van der Waals surface area contributed by atoms with E-state index in [1.54, 1.807) is 18.2 Å². The number of guanidine groups is 1. The van der Waals surface area contributed by atoms with E-state index in [1.807, 2.05) is 6.07 Å². The fraction of sp³-hybridized carbons (Fsp3) is 0.200. The fourth-order valence-corrected chi connectivity index (χ4v) is 1.52. The Labute approximate surface area is 92.6 Å². The van der Waals surface area contributed by atoms with Crippen molar-refractivity contribution in [3.05, 3.63) is 28.8 Å². The Morgan fingerprint density at radius 1 is 1.53 bits per heavy atom. The summed E-state index contributed by atoms with van der Waals surface area (Å²) in [5.74, 6) is 0.724. The molecule has 0 saturated carbocycles. The molecule has 0 saturated heterocycles. The lowest BCUT2D eigenvalue weighted by Crippen LogP contribution is -2.26. The van der Waals surface area contributed by atoms with Crippen molar-refractivity contribution in [1.29, 1.82) is 5.26 Å². The van der Waals surface area contributed by atoms with E-state index in [4.69, 9.17) is 16.9 Å². The molecule has 4 nitrogen and oxygen atoms in total. The molecule has 0 aliphatic carbocycles. The molecule has 2 N–H and O–H groups in total. The molecule has 76 valence electrons. The minimum Gasteiger partial charge on any atom is -0.354 e. The molecule has 0 spiro atoms. The first-order valence-electron chi connectivity index (χ1n) is 4.54. The highest BCUT2D eigenvalue weighted by Gasteiger charge is 2.07. The standard InChI is InChI=1S/C10H9ClN4/c11-8-5-7(6-12)1-2-9(8)15-10-13-3-4-14-10/h1-2,5H,3-4H2,(H2,13,14,15). The highest BCUT2D eigenvalue weighted by atomic mass is 35.5. The maximum Gasteiger partial charge on any atom is 0.195 e. The Balaban J connectivity index is 2.19. The fourth-order valence-electron chi connectivity index (χ4n) is 1.30. The van der Waals surface area contributed by atoms with Crippen molar-refractivity contribution in [1.82, 2.24) is 5.32 Å². The second-order valence-corrected chi connectivity index (χ2v) is 3.50. The summed E-state index contributed by atoms with van der Waals surface area (Å²) in [5.41, 5.74) is 1.30. The number of hydrogen-bond donors (Lipinski definition) is 2. The van der Waals surface area contributed by atoms with Gasteiger partial charge in [-0.2, -0.15) is 5.26 Å². The molecule has 0 bridgehead atoms. The summed E-state index contributed by atoms with van der Waals surface area (Å²) in [6.45, 7) is 1.62. The van der Waals surface area contributed by atoms with Gasteiger partial charge in [-0.15, -0.1) is 0 Å². The molecule has 0 amide bonds.